The van der Waals surface area contributed by atoms with Crippen LogP contribution in [0.1, 0.15) is 31.1 Å². The summed E-state index contributed by atoms with van der Waals surface area (Å²) >= 11 is 0. The summed E-state index contributed by atoms with van der Waals surface area (Å²) in [4.78, 5) is 12.8. The van der Waals surface area contributed by atoms with Crippen LogP contribution in [0.3, 0.4) is 0 Å². The highest BCUT2D eigenvalue weighted by Crippen LogP contribution is 2.27. The molecule has 0 aliphatic rings. The van der Waals surface area contributed by atoms with E-state index in [0.717, 1.165) is 30.8 Å². The van der Waals surface area contributed by atoms with Crippen molar-refractivity contribution in [1.29, 1.82) is 0 Å². The Kier molecular flexibility index (Phi) is 6.90. The van der Waals surface area contributed by atoms with Crippen molar-refractivity contribution in [1.82, 2.24) is 4.90 Å². The molecule has 0 fully saturated rings. The van der Waals surface area contributed by atoms with E-state index in [1.54, 1.807) is 12.1 Å². The quantitative estimate of drug-likeness (QED) is 0.515. The molecule has 2 aromatic carbocycles. The normalized spacial score (nSPS) is 12.3. The van der Waals surface area contributed by atoms with Crippen LogP contribution in [0.2, 0.25) is 0 Å². The number of nitrogens with zero attached hydrogens (tertiary/aromatic N) is 2. The number of likely N-dealkylation sites (N-methyl/N-ethyl adjacent to an activating group) is 1. The van der Waals surface area contributed by atoms with E-state index in [0.29, 0.717) is 6.61 Å². The number of nitro benzene ring substituents is 1. The van der Waals surface area contributed by atoms with Gasteiger partial charge in [0.25, 0.3) is 5.69 Å². The number of hydrogen-bond acceptors (Lipinski definition) is 4. The number of hydrogen-bond donors (Lipinski definition) is 0. The predicted octanol–water partition coefficient (Wildman–Crippen LogP) is 4.04. The molecule has 0 spiro atoms. The van der Waals surface area contributed by atoms with Gasteiger partial charge in [-0.15, -0.1) is 0 Å². The van der Waals surface area contributed by atoms with Crippen LogP contribution in [-0.4, -0.2) is 36.1 Å². The average molecular weight is 328 g/mol. The van der Waals surface area contributed by atoms with Gasteiger partial charge in [0.05, 0.1) is 11.5 Å². The average Bonchev–Trinajstić information content (AvgIpc) is 2.63. The van der Waals surface area contributed by atoms with Crippen molar-refractivity contribution < 1.29 is 9.66 Å². The highest BCUT2D eigenvalue weighted by molar-refractivity contribution is 5.37. The molecule has 5 nitrogen and oxygen atoms in total. The lowest BCUT2D eigenvalue weighted by Crippen LogP contribution is -2.27. The lowest BCUT2D eigenvalue weighted by atomic mass is 10.0. The molecular formula is C19H24N2O3. The molecule has 0 heterocycles. The SMILES string of the molecule is CCN(CC)CCOC(c1ccccc1)c1ccc([N+](=O)[O-])cc1. The molecule has 0 aliphatic carbocycles. The van der Waals surface area contributed by atoms with Gasteiger partial charge in [-0.1, -0.05) is 44.2 Å². The molecule has 24 heavy (non-hydrogen) atoms. The summed E-state index contributed by atoms with van der Waals surface area (Å²) in [7, 11) is 0. The maximum absolute atomic E-state index is 10.8. The largest absolute Gasteiger partial charge is 0.367 e. The molecule has 0 N–H and O–H groups in total. The van der Waals surface area contributed by atoms with E-state index >= 15 is 0 Å². The van der Waals surface area contributed by atoms with E-state index in [9.17, 15) is 10.1 Å². The van der Waals surface area contributed by atoms with Crippen molar-refractivity contribution in [2.24, 2.45) is 0 Å². The van der Waals surface area contributed by atoms with Gasteiger partial charge in [0.2, 0.25) is 0 Å². The van der Waals surface area contributed by atoms with E-state index in [4.69, 9.17) is 4.74 Å². The summed E-state index contributed by atoms with van der Waals surface area (Å²) in [6.45, 7) is 7.73. The lowest BCUT2D eigenvalue weighted by Gasteiger charge is -2.22. The summed E-state index contributed by atoms with van der Waals surface area (Å²) in [6, 6.07) is 16.5. The van der Waals surface area contributed by atoms with Crippen LogP contribution in [0, 0.1) is 10.1 Å². The zero-order chi connectivity index (χ0) is 17.4. The Morgan fingerprint density at radius 3 is 2.12 bits per heavy atom. The van der Waals surface area contributed by atoms with Crippen molar-refractivity contribution in [3.63, 3.8) is 0 Å². The van der Waals surface area contributed by atoms with Crippen LogP contribution in [0.4, 0.5) is 5.69 Å². The van der Waals surface area contributed by atoms with Crippen molar-refractivity contribution in [2.45, 2.75) is 20.0 Å². The predicted molar refractivity (Wildman–Crippen MR) is 95.1 cm³/mol. The van der Waals surface area contributed by atoms with E-state index in [1.165, 1.54) is 12.1 Å². The molecule has 0 aromatic heterocycles. The fourth-order valence-corrected chi connectivity index (χ4v) is 2.62. The van der Waals surface area contributed by atoms with E-state index in [2.05, 4.69) is 18.7 Å². The van der Waals surface area contributed by atoms with Gasteiger partial charge in [-0.05, 0) is 36.3 Å². The van der Waals surface area contributed by atoms with E-state index < -0.39 is 0 Å². The second-order valence-electron chi connectivity index (χ2n) is 5.54. The number of benzene rings is 2. The van der Waals surface area contributed by atoms with Gasteiger partial charge >= 0.3 is 0 Å². The van der Waals surface area contributed by atoms with Crippen LogP contribution >= 0.6 is 0 Å². The minimum absolute atomic E-state index is 0.0914. The van der Waals surface area contributed by atoms with Crippen molar-refractivity contribution in [3.8, 4) is 0 Å². The molecule has 2 aromatic rings. The number of rotatable bonds is 9. The monoisotopic (exact) mass is 328 g/mol. The first-order valence-corrected chi connectivity index (χ1v) is 8.29. The summed E-state index contributed by atoms with van der Waals surface area (Å²) in [5, 5.41) is 10.8. The first-order chi connectivity index (χ1) is 11.7. The Balaban J connectivity index is 2.15. The van der Waals surface area contributed by atoms with Crippen LogP contribution in [0.25, 0.3) is 0 Å². The third-order valence-electron chi connectivity index (χ3n) is 4.10. The Labute approximate surface area is 143 Å². The standard InChI is InChI=1S/C19H24N2O3/c1-3-20(4-2)14-15-24-19(16-8-6-5-7-9-16)17-10-12-18(13-11-17)21(22)23/h5-13,19H,3-4,14-15H2,1-2H3. The molecule has 0 aliphatic heterocycles. The van der Waals surface area contributed by atoms with Crippen molar-refractivity contribution >= 4 is 5.69 Å². The van der Waals surface area contributed by atoms with Gasteiger partial charge in [0.1, 0.15) is 6.10 Å². The van der Waals surface area contributed by atoms with Gasteiger partial charge in [-0.2, -0.15) is 0 Å². The molecule has 0 bridgehead atoms. The van der Waals surface area contributed by atoms with Gasteiger partial charge in [-0.3, -0.25) is 10.1 Å². The Morgan fingerprint density at radius 2 is 1.58 bits per heavy atom. The highest BCUT2D eigenvalue weighted by atomic mass is 16.6. The van der Waals surface area contributed by atoms with Crippen LogP contribution in [-0.2, 0) is 4.74 Å². The summed E-state index contributed by atoms with van der Waals surface area (Å²) in [5.74, 6) is 0. The minimum Gasteiger partial charge on any atom is -0.367 e. The van der Waals surface area contributed by atoms with Crippen molar-refractivity contribution in [2.75, 3.05) is 26.2 Å². The zero-order valence-corrected chi connectivity index (χ0v) is 14.2. The number of non-ortho nitro benzene ring substituents is 1. The van der Waals surface area contributed by atoms with E-state index in [-0.39, 0.29) is 16.7 Å². The van der Waals surface area contributed by atoms with E-state index in [1.807, 2.05) is 30.3 Å². The molecule has 0 saturated heterocycles. The molecule has 1 atom stereocenters. The third-order valence-corrected chi connectivity index (χ3v) is 4.10. The first-order valence-electron chi connectivity index (χ1n) is 8.29. The molecule has 2 rings (SSSR count). The second kappa shape index (κ2) is 9.15. The summed E-state index contributed by atoms with van der Waals surface area (Å²) in [5.41, 5.74) is 2.06. The van der Waals surface area contributed by atoms with Crippen LogP contribution in [0.15, 0.2) is 54.6 Å². The maximum Gasteiger partial charge on any atom is 0.269 e. The Hall–Kier alpha value is -2.24. The lowest BCUT2D eigenvalue weighted by molar-refractivity contribution is -0.384. The molecule has 1 unspecified atom stereocenters. The first kappa shape index (κ1) is 18.1. The molecular weight excluding hydrogens is 304 g/mol. The topological polar surface area (TPSA) is 55.6 Å². The van der Waals surface area contributed by atoms with Crippen LogP contribution in [0.5, 0.6) is 0 Å². The molecule has 128 valence electrons. The molecule has 0 amide bonds. The number of ether oxygens (including phenoxy) is 1. The molecule has 5 heteroatoms. The Bertz CT molecular complexity index is 625. The van der Waals surface area contributed by atoms with Gasteiger partial charge in [-0.25, -0.2) is 0 Å². The Morgan fingerprint density at radius 1 is 1.00 bits per heavy atom. The smallest absolute Gasteiger partial charge is 0.269 e. The third kappa shape index (κ3) is 4.88. The summed E-state index contributed by atoms with van der Waals surface area (Å²) in [6.07, 6.45) is -0.220. The van der Waals surface area contributed by atoms with Gasteiger partial charge < -0.3 is 9.64 Å². The van der Waals surface area contributed by atoms with Crippen molar-refractivity contribution in [3.05, 3.63) is 75.8 Å². The second-order valence-corrected chi connectivity index (χ2v) is 5.54. The fourth-order valence-electron chi connectivity index (χ4n) is 2.62. The molecule has 0 saturated carbocycles. The highest BCUT2D eigenvalue weighted by Gasteiger charge is 2.16. The number of nitro groups is 1. The zero-order valence-electron chi connectivity index (χ0n) is 14.2. The van der Waals surface area contributed by atoms with Crippen LogP contribution < -0.4 is 0 Å². The molecule has 0 radical (unpaired) electrons. The minimum atomic E-state index is -0.386. The van der Waals surface area contributed by atoms with Gasteiger partial charge in [0.15, 0.2) is 0 Å². The summed E-state index contributed by atoms with van der Waals surface area (Å²) < 4.78 is 6.14. The fraction of sp³-hybridized carbons (Fsp3) is 0.368. The maximum atomic E-state index is 10.8. The van der Waals surface area contributed by atoms with Gasteiger partial charge in [0, 0.05) is 18.7 Å².